The molecule has 7 nitrogen and oxygen atoms in total. The predicted octanol–water partition coefficient (Wildman–Crippen LogP) is -1.72. The number of carbonyl (C=O) groups excluding carboxylic acids is 4. The fourth-order valence-corrected chi connectivity index (χ4v) is 0.838. The Bertz CT molecular complexity index is 274. The third kappa shape index (κ3) is 2.26. The van der Waals surface area contributed by atoms with Crippen molar-refractivity contribution in [1.82, 2.24) is 10.6 Å². The average Bonchev–Trinajstić information content (AvgIpc) is 2.30. The Balaban J connectivity index is 2.45. The maximum Gasteiger partial charge on any atom is 0.336 e. The Kier molecular flexibility index (Phi) is 2.58. The molecule has 0 aromatic rings. The molecule has 0 unspecified atom stereocenters. The molecular weight excluding hydrogens is 180 g/mol. The number of hydrogen-bond acceptors (Lipinski definition) is 5. The van der Waals surface area contributed by atoms with E-state index in [0.717, 1.165) is 0 Å². The van der Waals surface area contributed by atoms with Gasteiger partial charge in [0.25, 0.3) is 0 Å². The van der Waals surface area contributed by atoms with Crippen molar-refractivity contribution in [2.24, 2.45) is 0 Å². The topological polar surface area (TPSA) is 102 Å². The van der Waals surface area contributed by atoms with Gasteiger partial charge in [0.1, 0.15) is 6.04 Å². The van der Waals surface area contributed by atoms with Crippen LogP contribution in [0.2, 0.25) is 0 Å². The number of cyclic esters (lactones) is 2. The number of imide groups is 1. The molecule has 0 spiro atoms. The maximum absolute atomic E-state index is 10.8. The van der Waals surface area contributed by atoms with Crippen molar-refractivity contribution in [2.75, 3.05) is 0 Å². The van der Waals surface area contributed by atoms with Gasteiger partial charge >= 0.3 is 18.0 Å². The minimum atomic E-state index is -0.993. The molecule has 13 heavy (non-hydrogen) atoms. The summed E-state index contributed by atoms with van der Waals surface area (Å²) in [5, 5.41) is 3.84. The predicted molar refractivity (Wildman–Crippen MR) is 37.2 cm³/mol. The van der Waals surface area contributed by atoms with E-state index < -0.39 is 24.0 Å². The molecule has 1 rings (SSSR count). The third-order valence-electron chi connectivity index (χ3n) is 1.37. The van der Waals surface area contributed by atoms with Crippen LogP contribution in [0.25, 0.3) is 0 Å². The molecule has 1 saturated heterocycles. The van der Waals surface area contributed by atoms with Crippen molar-refractivity contribution in [3.8, 4) is 0 Å². The molecule has 0 aromatic carbocycles. The molecule has 1 aliphatic heterocycles. The molecule has 0 aromatic heterocycles. The Labute approximate surface area is 72.4 Å². The SMILES string of the molecule is O=CNC(=O)N[C@H]1CC(=O)OC1=O. The van der Waals surface area contributed by atoms with Gasteiger partial charge in [0.05, 0.1) is 6.42 Å². The molecule has 0 saturated carbocycles. The van der Waals surface area contributed by atoms with Crippen molar-refractivity contribution in [3.63, 3.8) is 0 Å². The molecule has 7 heteroatoms. The summed E-state index contributed by atoms with van der Waals surface area (Å²) in [6.45, 7) is 0. The highest BCUT2D eigenvalue weighted by Crippen LogP contribution is 2.06. The highest BCUT2D eigenvalue weighted by Gasteiger charge is 2.34. The van der Waals surface area contributed by atoms with Crippen molar-refractivity contribution in [2.45, 2.75) is 12.5 Å². The Morgan fingerprint density at radius 3 is 2.69 bits per heavy atom. The van der Waals surface area contributed by atoms with Crippen LogP contribution in [0.4, 0.5) is 4.79 Å². The van der Waals surface area contributed by atoms with E-state index in [1.54, 1.807) is 5.32 Å². The van der Waals surface area contributed by atoms with Gasteiger partial charge in [-0.3, -0.25) is 14.9 Å². The molecule has 1 fully saturated rings. The average molecular weight is 186 g/mol. The zero-order chi connectivity index (χ0) is 9.84. The lowest BCUT2D eigenvalue weighted by molar-refractivity contribution is -0.152. The van der Waals surface area contributed by atoms with Gasteiger partial charge in [0.2, 0.25) is 6.41 Å². The molecule has 3 amide bonds. The second-order valence-electron chi connectivity index (χ2n) is 2.29. The van der Waals surface area contributed by atoms with E-state index in [1.807, 2.05) is 0 Å². The number of carbonyl (C=O) groups is 4. The van der Waals surface area contributed by atoms with E-state index >= 15 is 0 Å². The van der Waals surface area contributed by atoms with Gasteiger partial charge in [-0.25, -0.2) is 9.59 Å². The van der Waals surface area contributed by atoms with Crippen molar-refractivity contribution in [1.29, 1.82) is 0 Å². The van der Waals surface area contributed by atoms with Gasteiger partial charge in [-0.05, 0) is 0 Å². The molecule has 1 heterocycles. The summed E-state index contributed by atoms with van der Waals surface area (Å²) in [7, 11) is 0. The number of hydrogen-bond donors (Lipinski definition) is 2. The van der Waals surface area contributed by atoms with Crippen molar-refractivity contribution >= 4 is 24.4 Å². The number of amides is 3. The molecule has 0 radical (unpaired) electrons. The van der Waals surface area contributed by atoms with E-state index in [-0.39, 0.29) is 12.8 Å². The first kappa shape index (κ1) is 9.17. The third-order valence-corrected chi connectivity index (χ3v) is 1.37. The second-order valence-corrected chi connectivity index (χ2v) is 2.29. The zero-order valence-electron chi connectivity index (χ0n) is 6.40. The van der Waals surface area contributed by atoms with Crippen LogP contribution in [0.3, 0.4) is 0 Å². The number of ether oxygens (including phenoxy) is 1. The minimum Gasteiger partial charge on any atom is -0.392 e. The van der Waals surface area contributed by atoms with Gasteiger partial charge in [-0.1, -0.05) is 0 Å². The van der Waals surface area contributed by atoms with Crippen LogP contribution in [0.15, 0.2) is 0 Å². The Morgan fingerprint density at radius 1 is 1.54 bits per heavy atom. The standard InChI is InChI=1S/C6H6N2O5/c9-2-7-6(12)8-3-1-4(10)13-5(3)11/h2-3H,1H2,(H2,7,8,9,12)/t3-/m0/s1. The first-order chi connectivity index (χ1) is 6.13. The smallest absolute Gasteiger partial charge is 0.336 e. The normalized spacial score (nSPS) is 20.8. The highest BCUT2D eigenvalue weighted by atomic mass is 16.6. The molecule has 2 N–H and O–H groups in total. The fraction of sp³-hybridized carbons (Fsp3) is 0.333. The lowest BCUT2D eigenvalue weighted by atomic mass is 10.2. The monoisotopic (exact) mass is 186 g/mol. The highest BCUT2D eigenvalue weighted by molar-refractivity contribution is 5.99. The van der Waals surface area contributed by atoms with Crippen LogP contribution in [-0.4, -0.2) is 30.4 Å². The maximum atomic E-state index is 10.8. The molecule has 1 aliphatic rings. The largest absolute Gasteiger partial charge is 0.392 e. The Morgan fingerprint density at radius 2 is 2.23 bits per heavy atom. The van der Waals surface area contributed by atoms with Gasteiger partial charge in [0, 0.05) is 0 Å². The summed E-state index contributed by atoms with van der Waals surface area (Å²) in [5.74, 6) is -1.51. The van der Waals surface area contributed by atoms with Crippen molar-refractivity contribution in [3.05, 3.63) is 0 Å². The number of urea groups is 1. The molecule has 1 atom stereocenters. The minimum absolute atomic E-state index is 0.164. The van der Waals surface area contributed by atoms with Crippen LogP contribution in [-0.2, 0) is 19.1 Å². The van der Waals surface area contributed by atoms with Crippen LogP contribution in [0, 0.1) is 0 Å². The van der Waals surface area contributed by atoms with E-state index in [9.17, 15) is 19.2 Å². The lowest BCUT2D eigenvalue weighted by Crippen LogP contribution is -2.43. The van der Waals surface area contributed by atoms with Crippen LogP contribution < -0.4 is 10.6 Å². The van der Waals surface area contributed by atoms with Gasteiger partial charge < -0.3 is 10.1 Å². The van der Waals surface area contributed by atoms with Crippen molar-refractivity contribution < 1.29 is 23.9 Å². The number of nitrogens with one attached hydrogen (secondary N) is 2. The second kappa shape index (κ2) is 3.65. The lowest BCUT2D eigenvalue weighted by Gasteiger charge is -2.05. The van der Waals surface area contributed by atoms with E-state index in [2.05, 4.69) is 10.1 Å². The van der Waals surface area contributed by atoms with Crippen LogP contribution >= 0.6 is 0 Å². The van der Waals surface area contributed by atoms with E-state index in [0.29, 0.717) is 0 Å². The Hall–Kier alpha value is -1.92. The molecule has 70 valence electrons. The molecule has 0 bridgehead atoms. The van der Waals surface area contributed by atoms with E-state index in [4.69, 9.17) is 0 Å². The summed E-state index contributed by atoms with van der Waals surface area (Å²) in [6, 6.07) is -1.83. The summed E-state index contributed by atoms with van der Waals surface area (Å²) in [4.78, 5) is 41.7. The summed E-state index contributed by atoms with van der Waals surface area (Å²) in [6.07, 6.45) is -0.0391. The van der Waals surface area contributed by atoms with Gasteiger partial charge in [0.15, 0.2) is 0 Å². The van der Waals surface area contributed by atoms with E-state index in [1.165, 1.54) is 0 Å². The summed E-state index contributed by atoms with van der Waals surface area (Å²) in [5.41, 5.74) is 0. The van der Waals surface area contributed by atoms with Crippen LogP contribution in [0.5, 0.6) is 0 Å². The van der Waals surface area contributed by atoms with Gasteiger partial charge in [-0.15, -0.1) is 0 Å². The molecular formula is C6H6N2O5. The first-order valence-electron chi connectivity index (χ1n) is 3.38. The van der Waals surface area contributed by atoms with Crippen LogP contribution in [0.1, 0.15) is 6.42 Å². The molecule has 0 aliphatic carbocycles. The summed E-state index contributed by atoms with van der Waals surface area (Å²) < 4.78 is 4.14. The van der Waals surface area contributed by atoms with Gasteiger partial charge in [-0.2, -0.15) is 0 Å². The fourth-order valence-electron chi connectivity index (χ4n) is 0.838. The summed E-state index contributed by atoms with van der Waals surface area (Å²) >= 11 is 0. The number of rotatable bonds is 2. The quantitative estimate of drug-likeness (QED) is 0.303. The zero-order valence-corrected chi connectivity index (χ0v) is 6.40. The first-order valence-corrected chi connectivity index (χ1v) is 3.38. The number of esters is 2.